The largest absolute Gasteiger partial charge is 0.447 e. The summed E-state index contributed by atoms with van der Waals surface area (Å²) >= 11 is 0. The van der Waals surface area contributed by atoms with Crippen molar-refractivity contribution in [3.63, 3.8) is 0 Å². The van der Waals surface area contributed by atoms with Crippen molar-refractivity contribution in [1.82, 2.24) is 10.2 Å². The molecule has 0 spiro atoms. The number of alkyl carbamates (subject to hydrolysis) is 1. The van der Waals surface area contributed by atoms with E-state index in [0.29, 0.717) is 43.6 Å². The Kier molecular flexibility index (Phi) is 7.97. The summed E-state index contributed by atoms with van der Waals surface area (Å²) in [6, 6.07) is 3.82. The first-order valence-corrected chi connectivity index (χ1v) is 13.4. The number of fused-ring (bicyclic) bond motifs is 3. The lowest BCUT2D eigenvalue weighted by Crippen LogP contribution is -2.47. The van der Waals surface area contributed by atoms with Crippen molar-refractivity contribution in [1.29, 1.82) is 0 Å². The molecule has 1 aromatic carbocycles. The number of likely N-dealkylation sites (tertiary alicyclic amines) is 1. The lowest BCUT2D eigenvalue weighted by Gasteiger charge is -2.47. The number of carbonyl (C=O) groups is 2. The highest BCUT2D eigenvalue weighted by Gasteiger charge is 2.45. The number of nitrogens with zero attached hydrogens (tertiary/aromatic N) is 1. The van der Waals surface area contributed by atoms with Gasteiger partial charge in [-0.2, -0.15) is 13.2 Å². The summed E-state index contributed by atoms with van der Waals surface area (Å²) in [7, 11) is 0. The highest BCUT2D eigenvalue weighted by molar-refractivity contribution is 5.78. The van der Waals surface area contributed by atoms with Crippen LogP contribution in [0.2, 0.25) is 0 Å². The molecule has 5 rings (SSSR count). The molecule has 4 aliphatic rings. The molecule has 5 atom stereocenters. The Hall–Kier alpha value is -3.01. The number of allylic oxidation sites excluding steroid dienone is 3. The van der Waals surface area contributed by atoms with Crippen molar-refractivity contribution in [2.45, 2.75) is 63.0 Å². The van der Waals surface area contributed by atoms with Crippen molar-refractivity contribution in [2.24, 2.45) is 11.8 Å². The van der Waals surface area contributed by atoms with Gasteiger partial charge in [0.25, 0.3) is 0 Å². The maximum atomic E-state index is 13.5. The Morgan fingerprint density at radius 2 is 2.11 bits per heavy atom. The molecular weight excluding hydrogens is 499 g/mol. The molecular formula is C28H34F3N3O4. The second kappa shape index (κ2) is 11.4. The van der Waals surface area contributed by atoms with E-state index in [-0.39, 0.29) is 30.4 Å². The smallest absolute Gasteiger partial charge is 0.416 e. The van der Waals surface area contributed by atoms with Gasteiger partial charge in [0.2, 0.25) is 5.91 Å². The monoisotopic (exact) mass is 533 g/mol. The fraction of sp³-hybridized carbons (Fsp3) is 0.571. The second-order valence-corrected chi connectivity index (χ2v) is 10.5. The van der Waals surface area contributed by atoms with Gasteiger partial charge in [0.1, 0.15) is 6.61 Å². The molecule has 0 bridgehead atoms. The van der Waals surface area contributed by atoms with Crippen LogP contribution in [0, 0.1) is 11.8 Å². The second-order valence-electron chi connectivity index (χ2n) is 10.5. The number of rotatable bonds is 7. The molecule has 2 amide bonds. The van der Waals surface area contributed by atoms with Gasteiger partial charge >= 0.3 is 12.3 Å². The third-order valence-corrected chi connectivity index (χ3v) is 7.94. The molecule has 7 nitrogen and oxygen atoms in total. The van der Waals surface area contributed by atoms with Crippen LogP contribution in [0.15, 0.2) is 42.5 Å². The molecule has 1 aromatic rings. The Labute approximate surface area is 220 Å². The molecule has 2 saturated heterocycles. The maximum Gasteiger partial charge on any atom is 0.416 e. The van der Waals surface area contributed by atoms with Crippen LogP contribution in [-0.4, -0.2) is 55.3 Å². The highest BCUT2D eigenvalue weighted by atomic mass is 19.4. The zero-order valence-corrected chi connectivity index (χ0v) is 21.2. The summed E-state index contributed by atoms with van der Waals surface area (Å²) < 4.78 is 52.3. The van der Waals surface area contributed by atoms with E-state index in [2.05, 4.69) is 22.8 Å². The maximum absolute atomic E-state index is 13.5. The Morgan fingerprint density at radius 3 is 2.84 bits per heavy atom. The van der Waals surface area contributed by atoms with Gasteiger partial charge in [-0.3, -0.25) is 4.79 Å². The summed E-state index contributed by atoms with van der Waals surface area (Å²) in [6.07, 6.45) is 6.65. The Bertz CT molecular complexity index is 1090. The first kappa shape index (κ1) is 26.6. The molecule has 3 aliphatic heterocycles. The van der Waals surface area contributed by atoms with Crippen molar-refractivity contribution in [3.05, 3.63) is 53.6 Å². The Morgan fingerprint density at radius 1 is 1.24 bits per heavy atom. The fourth-order valence-corrected chi connectivity index (χ4v) is 6.00. The van der Waals surface area contributed by atoms with Gasteiger partial charge < -0.3 is 25.0 Å². The van der Waals surface area contributed by atoms with Crippen LogP contribution in [0.5, 0.6) is 0 Å². The van der Waals surface area contributed by atoms with Gasteiger partial charge in [-0.15, -0.1) is 0 Å². The third kappa shape index (κ3) is 6.00. The predicted octanol–water partition coefficient (Wildman–Crippen LogP) is 5.21. The summed E-state index contributed by atoms with van der Waals surface area (Å²) in [5.41, 5.74) is 0.456. The average Bonchev–Trinajstić information content (AvgIpc) is 3.33. The van der Waals surface area contributed by atoms with E-state index in [1.165, 1.54) is 12.1 Å². The minimum absolute atomic E-state index is 0.00879. The first-order valence-electron chi connectivity index (χ1n) is 13.4. The summed E-state index contributed by atoms with van der Waals surface area (Å²) in [5, 5.41) is 6.21. The van der Waals surface area contributed by atoms with Gasteiger partial charge in [0, 0.05) is 55.2 Å². The van der Waals surface area contributed by atoms with Crippen molar-refractivity contribution in [2.75, 3.05) is 31.6 Å². The number of hydrogen-bond acceptors (Lipinski definition) is 5. The predicted molar refractivity (Wildman–Crippen MR) is 135 cm³/mol. The third-order valence-electron chi connectivity index (χ3n) is 7.94. The zero-order valence-electron chi connectivity index (χ0n) is 21.2. The molecule has 0 aromatic heterocycles. The van der Waals surface area contributed by atoms with Crippen LogP contribution in [0.4, 0.5) is 23.7 Å². The van der Waals surface area contributed by atoms with Crippen LogP contribution in [0.25, 0.3) is 0 Å². The van der Waals surface area contributed by atoms with Gasteiger partial charge in [0.05, 0.1) is 17.8 Å². The standard InChI is InChI=1S/C28H34F3N3O4/c29-28(30,31)19-9-12-23-22(16-19)26-21(25(33-23)18-6-2-1-3-7-18)11-10-20(38-26)17-37-27(36)32-13-5-15-34-14-4-8-24(34)35/h1-3,6,9,12,16,18,20-21,25-26,33H,4-5,7-8,10-11,13-15,17H2,(H,32,36)/t18?,20-,21+,25+,26+/m1/s1. The molecule has 10 heteroatoms. The zero-order chi connectivity index (χ0) is 26.7. The number of hydrogen-bond donors (Lipinski definition) is 2. The van der Waals surface area contributed by atoms with Crippen LogP contribution >= 0.6 is 0 Å². The topological polar surface area (TPSA) is 79.9 Å². The van der Waals surface area contributed by atoms with Crippen LogP contribution in [0.3, 0.4) is 0 Å². The summed E-state index contributed by atoms with van der Waals surface area (Å²) in [4.78, 5) is 25.7. The van der Waals surface area contributed by atoms with E-state index in [9.17, 15) is 22.8 Å². The quantitative estimate of drug-likeness (QED) is 0.471. The van der Waals surface area contributed by atoms with Crippen LogP contribution in [-0.2, 0) is 20.4 Å². The lowest BCUT2D eigenvalue weighted by atomic mass is 9.73. The molecule has 1 aliphatic carbocycles. The minimum Gasteiger partial charge on any atom is -0.447 e. The fourth-order valence-electron chi connectivity index (χ4n) is 6.00. The summed E-state index contributed by atoms with van der Waals surface area (Å²) in [5.74, 6) is 0.354. The number of benzene rings is 1. The molecule has 2 N–H and O–H groups in total. The number of amides is 2. The van der Waals surface area contributed by atoms with Crippen molar-refractivity contribution < 1.29 is 32.2 Å². The number of halogens is 3. The van der Waals surface area contributed by atoms with Gasteiger partial charge in [-0.25, -0.2) is 4.79 Å². The molecule has 0 saturated carbocycles. The molecule has 1 unspecified atom stereocenters. The molecule has 0 radical (unpaired) electrons. The SMILES string of the molecule is O=C(NCCCN1CCCC1=O)OC[C@H]1CC[C@@H]2[C@H](O1)c1cc(C(F)(F)F)ccc1N[C@H]2C1C=CC=CC1. The van der Waals surface area contributed by atoms with E-state index in [0.717, 1.165) is 31.9 Å². The first-order chi connectivity index (χ1) is 18.3. The summed E-state index contributed by atoms with van der Waals surface area (Å²) in [6.45, 7) is 1.79. The molecule has 2 fully saturated rings. The van der Waals surface area contributed by atoms with Gasteiger partial charge in [-0.05, 0) is 50.3 Å². The van der Waals surface area contributed by atoms with E-state index in [1.807, 2.05) is 12.2 Å². The van der Waals surface area contributed by atoms with Crippen LogP contribution in [0.1, 0.15) is 55.8 Å². The Balaban J connectivity index is 1.20. The average molecular weight is 534 g/mol. The molecule has 3 heterocycles. The van der Waals surface area contributed by atoms with E-state index in [1.54, 1.807) is 4.90 Å². The van der Waals surface area contributed by atoms with Gasteiger partial charge in [0.15, 0.2) is 0 Å². The molecule has 206 valence electrons. The lowest BCUT2D eigenvalue weighted by molar-refractivity contribution is -0.138. The van der Waals surface area contributed by atoms with Crippen molar-refractivity contribution in [3.8, 4) is 0 Å². The number of alkyl halides is 3. The van der Waals surface area contributed by atoms with Gasteiger partial charge in [-0.1, -0.05) is 24.3 Å². The van der Waals surface area contributed by atoms with Crippen LogP contribution < -0.4 is 10.6 Å². The normalized spacial score (nSPS) is 28.4. The number of carbonyl (C=O) groups excluding carboxylic acids is 2. The number of anilines is 1. The number of nitrogens with one attached hydrogen (secondary N) is 2. The minimum atomic E-state index is -4.45. The number of ether oxygens (including phenoxy) is 2. The van der Waals surface area contributed by atoms with E-state index in [4.69, 9.17) is 9.47 Å². The highest BCUT2D eigenvalue weighted by Crippen LogP contribution is 2.49. The van der Waals surface area contributed by atoms with Crippen molar-refractivity contribution >= 4 is 17.7 Å². The van der Waals surface area contributed by atoms with E-state index >= 15 is 0 Å². The molecule has 38 heavy (non-hydrogen) atoms. The van der Waals surface area contributed by atoms with E-state index < -0.39 is 30.0 Å².